The second-order valence-corrected chi connectivity index (χ2v) is 12.6. The van der Waals surface area contributed by atoms with E-state index < -0.39 is 74.6 Å². The van der Waals surface area contributed by atoms with Crippen LogP contribution in [0.4, 0.5) is 8.78 Å². The predicted molar refractivity (Wildman–Crippen MR) is 155 cm³/mol. The van der Waals surface area contributed by atoms with Gasteiger partial charge >= 0.3 is 19.7 Å². The third kappa shape index (κ3) is 7.61. The first kappa shape index (κ1) is 34.3. The van der Waals surface area contributed by atoms with Gasteiger partial charge in [0.25, 0.3) is 5.85 Å². The van der Waals surface area contributed by atoms with Crippen LogP contribution in [0.2, 0.25) is 0 Å². The van der Waals surface area contributed by atoms with Crippen molar-refractivity contribution in [3.8, 4) is 5.75 Å². The van der Waals surface area contributed by atoms with Crippen molar-refractivity contribution in [3.05, 3.63) is 54.7 Å². The zero-order valence-corrected chi connectivity index (χ0v) is 26.2. The third-order valence-corrected chi connectivity index (χ3v) is 8.52. The van der Waals surface area contributed by atoms with Gasteiger partial charge in [0.1, 0.15) is 18.4 Å². The fraction of sp³-hybridized carbons (Fsp3) is 0.483. The SMILES string of the molecule is CCC(=O)O[C@H]1[C@@](C)(F)[C@H](N2C=CC(=O)NC2O)O[C@]1(F)COP(=O)(NC(C)C(=O)OC(C)C)Oc1cccc2ccccc12. The number of carbonyl (C=O) groups is 3. The van der Waals surface area contributed by atoms with E-state index in [0.717, 1.165) is 24.1 Å². The first-order valence-electron chi connectivity index (χ1n) is 14.2. The second kappa shape index (κ2) is 13.4. The number of halogens is 2. The summed E-state index contributed by atoms with van der Waals surface area (Å²) >= 11 is 0. The summed E-state index contributed by atoms with van der Waals surface area (Å²) < 4.78 is 74.4. The summed E-state index contributed by atoms with van der Waals surface area (Å²) in [7, 11) is -4.74. The molecule has 0 bridgehead atoms. The number of nitrogens with zero attached hydrogens (tertiary/aromatic N) is 1. The molecule has 1 saturated heterocycles. The van der Waals surface area contributed by atoms with Gasteiger partial charge in [-0.15, -0.1) is 0 Å². The van der Waals surface area contributed by atoms with Gasteiger partial charge in [0.15, 0.2) is 11.9 Å². The number of rotatable bonds is 12. The fourth-order valence-corrected chi connectivity index (χ4v) is 6.30. The molecule has 0 saturated carbocycles. The Labute approximate surface area is 258 Å². The highest BCUT2D eigenvalue weighted by Gasteiger charge is 2.69. The Morgan fingerprint density at radius 3 is 2.53 bits per heavy atom. The number of benzene rings is 2. The highest BCUT2D eigenvalue weighted by Crippen LogP contribution is 2.51. The van der Waals surface area contributed by atoms with E-state index in [1.807, 2.05) is 0 Å². The number of nitrogens with one attached hydrogen (secondary N) is 2. The summed E-state index contributed by atoms with van der Waals surface area (Å²) in [5, 5.41) is 16.1. The van der Waals surface area contributed by atoms with E-state index >= 15 is 8.78 Å². The van der Waals surface area contributed by atoms with Gasteiger partial charge in [-0.3, -0.25) is 18.9 Å². The summed E-state index contributed by atoms with van der Waals surface area (Å²) in [4.78, 5) is 37.3. The van der Waals surface area contributed by atoms with Crippen molar-refractivity contribution in [2.24, 2.45) is 0 Å². The molecule has 2 aliphatic rings. The molecule has 7 atom stereocenters. The quantitative estimate of drug-likeness (QED) is 0.226. The molecule has 0 aliphatic carbocycles. The van der Waals surface area contributed by atoms with E-state index in [0.29, 0.717) is 10.8 Å². The maximum absolute atomic E-state index is 16.8. The van der Waals surface area contributed by atoms with Crippen LogP contribution in [0.1, 0.15) is 41.0 Å². The number of alkyl halides is 2. The molecule has 16 heteroatoms. The first-order chi connectivity index (χ1) is 21.1. The molecule has 13 nitrogen and oxygen atoms in total. The molecule has 2 aliphatic heterocycles. The molecule has 3 N–H and O–H groups in total. The first-order valence-corrected chi connectivity index (χ1v) is 15.7. The molecule has 0 radical (unpaired) electrons. The lowest BCUT2D eigenvalue weighted by Crippen LogP contribution is -2.58. The molecular weight excluding hydrogens is 619 g/mol. The van der Waals surface area contributed by atoms with Crippen molar-refractivity contribution in [2.75, 3.05) is 6.61 Å². The molecular formula is C29H36F2N3O10P. The van der Waals surface area contributed by atoms with Gasteiger partial charge in [-0.05, 0) is 39.1 Å². The molecule has 45 heavy (non-hydrogen) atoms. The molecule has 1 fully saturated rings. The largest absolute Gasteiger partial charge is 0.462 e. The van der Waals surface area contributed by atoms with Crippen molar-refractivity contribution >= 4 is 36.4 Å². The average molecular weight is 656 g/mol. The van der Waals surface area contributed by atoms with Crippen LogP contribution in [0.5, 0.6) is 5.75 Å². The second-order valence-electron chi connectivity index (χ2n) is 11.0. The van der Waals surface area contributed by atoms with Crippen LogP contribution in [0.3, 0.4) is 0 Å². The van der Waals surface area contributed by atoms with E-state index in [1.165, 1.54) is 19.9 Å². The topological polar surface area (TPSA) is 162 Å². The summed E-state index contributed by atoms with van der Waals surface area (Å²) in [6.07, 6.45) is -4.95. The minimum absolute atomic E-state index is 0.0492. The lowest BCUT2D eigenvalue weighted by Gasteiger charge is -2.37. The molecule has 1 amide bonds. The normalized spacial score (nSPS) is 28.4. The minimum atomic E-state index is -4.74. The van der Waals surface area contributed by atoms with Gasteiger partial charge in [-0.2, -0.15) is 5.09 Å². The number of esters is 2. The number of aliphatic hydroxyl groups is 1. The Kier molecular flexibility index (Phi) is 10.2. The van der Waals surface area contributed by atoms with Gasteiger partial charge in [-0.1, -0.05) is 43.3 Å². The van der Waals surface area contributed by atoms with E-state index in [2.05, 4.69) is 10.4 Å². The van der Waals surface area contributed by atoms with Gasteiger partial charge < -0.3 is 34.1 Å². The van der Waals surface area contributed by atoms with Gasteiger partial charge in [0.05, 0.1) is 6.10 Å². The Bertz CT molecular complexity index is 1500. The van der Waals surface area contributed by atoms with Gasteiger partial charge in [-0.25, -0.2) is 13.3 Å². The smallest absolute Gasteiger partial charge is 0.459 e. The highest BCUT2D eigenvalue weighted by atomic mass is 31.2. The van der Waals surface area contributed by atoms with Crippen molar-refractivity contribution in [2.45, 2.75) is 83.4 Å². The Hall–Kier alpha value is -3.62. The van der Waals surface area contributed by atoms with Crippen molar-refractivity contribution in [3.63, 3.8) is 0 Å². The van der Waals surface area contributed by atoms with Crippen LogP contribution >= 0.6 is 7.75 Å². The Morgan fingerprint density at radius 1 is 1.18 bits per heavy atom. The zero-order valence-electron chi connectivity index (χ0n) is 25.3. The lowest BCUT2D eigenvalue weighted by atomic mass is 9.96. The van der Waals surface area contributed by atoms with Crippen molar-refractivity contribution < 1.29 is 56.1 Å². The molecule has 4 rings (SSSR count). The monoisotopic (exact) mass is 655 g/mol. The van der Waals surface area contributed by atoms with E-state index in [9.17, 15) is 24.1 Å². The van der Waals surface area contributed by atoms with Gasteiger partial charge in [0.2, 0.25) is 18.4 Å². The number of hydrogen-bond donors (Lipinski definition) is 3. The van der Waals surface area contributed by atoms with Crippen molar-refractivity contribution in [1.29, 1.82) is 0 Å². The van der Waals surface area contributed by atoms with Crippen LogP contribution in [-0.4, -0.2) is 76.8 Å². The Balaban J connectivity index is 1.68. The van der Waals surface area contributed by atoms with Crippen LogP contribution in [0.25, 0.3) is 10.8 Å². The average Bonchev–Trinajstić information content (AvgIpc) is 3.16. The van der Waals surface area contributed by atoms with E-state index in [4.69, 9.17) is 23.3 Å². The number of amides is 1. The van der Waals surface area contributed by atoms with Gasteiger partial charge in [0, 0.05) is 24.1 Å². The lowest BCUT2D eigenvalue weighted by molar-refractivity contribution is -0.229. The molecule has 0 aromatic heterocycles. The molecule has 3 unspecified atom stereocenters. The standard InChI is InChI=1S/C29H36F2N3O10P/c1-6-23(36)42-25-28(5,30)26(34-15-14-22(35)32-27(34)38)43-29(25,31)16-40-45(39,33-18(4)24(37)41-17(2)3)44-21-13-9-11-19-10-7-8-12-20(19)21/h7-15,17-18,25-27,38H,6,16H2,1-5H3,(H,32,35)(H,33,39)/t18?,25-,26+,27?,28+,29+,45?/m0/s1. The molecule has 2 aromatic rings. The van der Waals surface area contributed by atoms with Crippen LogP contribution in [0, 0.1) is 0 Å². The Morgan fingerprint density at radius 2 is 1.87 bits per heavy atom. The van der Waals surface area contributed by atoms with Crippen LogP contribution < -0.4 is 14.9 Å². The maximum Gasteiger partial charge on any atom is 0.459 e. The van der Waals surface area contributed by atoms with Crippen LogP contribution in [0.15, 0.2) is 54.7 Å². The minimum Gasteiger partial charge on any atom is -0.462 e. The van der Waals surface area contributed by atoms with E-state index in [-0.39, 0.29) is 12.2 Å². The zero-order chi connectivity index (χ0) is 33.2. The molecule has 2 heterocycles. The molecule has 246 valence electrons. The van der Waals surface area contributed by atoms with E-state index in [1.54, 1.807) is 50.2 Å². The summed E-state index contributed by atoms with van der Waals surface area (Å²) in [5.74, 6) is -5.79. The predicted octanol–water partition coefficient (Wildman–Crippen LogP) is 3.57. The fourth-order valence-electron chi connectivity index (χ4n) is 4.78. The summed E-state index contributed by atoms with van der Waals surface area (Å²) in [6, 6.07) is 10.5. The number of hydrogen-bond acceptors (Lipinski definition) is 11. The summed E-state index contributed by atoms with van der Waals surface area (Å²) in [6.45, 7) is 5.48. The molecule has 2 aromatic carbocycles. The molecule has 0 spiro atoms. The number of carbonyl (C=O) groups excluding carboxylic acids is 3. The number of ether oxygens (including phenoxy) is 3. The number of aliphatic hydroxyl groups excluding tert-OH is 1. The number of fused-ring (bicyclic) bond motifs is 1. The van der Waals surface area contributed by atoms with Crippen LogP contribution in [-0.2, 0) is 37.7 Å². The summed E-state index contributed by atoms with van der Waals surface area (Å²) in [5.41, 5.74) is -2.86. The highest BCUT2D eigenvalue weighted by molar-refractivity contribution is 7.52. The van der Waals surface area contributed by atoms with Crippen molar-refractivity contribution in [1.82, 2.24) is 15.3 Å². The maximum atomic E-state index is 16.8. The third-order valence-electron chi connectivity index (χ3n) is 6.91.